The van der Waals surface area contributed by atoms with Crippen molar-refractivity contribution in [2.45, 2.75) is 44.3 Å². The van der Waals surface area contributed by atoms with Gasteiger partial charge in [0.05, 0.1) is 4.92 Å². The Morgan fingerprint density at radius 1 is 1.36 bits per heavy atom. The van der Waals surface area contributed by atoms with E-state index in [4.69, 9.17) is 0 Å². The summed E-state index contributed by atoms with van der Waals surface area (Å²) < 4.78 is 0. The van der Waals surface area contributed by atoms with Gasteiger partial charge >= 0.3 is 0 Å². The smallest absolute Gasteiger partial charge is 0.272 e. The highest BCUT2D eigenvalue weighted by Gasteiger charge is 2.15. The number of rotatable bonds is 6. The van der Waals surface area contributed by atoms with Gasteiger partial charge in [-0.25, -0.2) is 0 Å². The predicted molar refractivity (Wildman–Crippen MR) is 89.5 cm³/mol. The van der Waals surface area contributed by atoms with Gasteiger partial charge in [0.1, 0.15) is 0 Å². The summed E-state index contributed by atoms with van der Waals surface area (Å²) in [5.74, 6) is 0.754. The van der Waals surface area contributed by atoms with Gasteiger partial charge in [0, 0.05) is 34.7 Å². The second-order valence-electron chi connectivity index (χ2n) is 5.65. The number of thioether (sulfide) groups is 1. The van der Waals surface area contributed by atoms with Gasteiger partial charge in [-0.3, -0.25) is 14.9 Å². The number of benzene rings is 1. The Balaban J connectivity index is 1.77. The molecule has 2 rings (SSSR count). The van der Waals surface area contributed by atoms with Crippen molar-refractivity contribution >= 4 is 23.4 Å². The van der Waals surface area contributed by atoms with Crippen LogP contribution in [0.1, 0.15) is 48.0 Å². The molecule has 6 heteroatoms. The second kappa shape index (κ2) is 8.17. The molecule has 5 nitrogen and oxygen atoms in total. The third kappa shape index (κ3) is 4.73. The summed E-state index contributed by atoms with van der Waals surface area (Å²) in [6.45, 7) is 2.28. The zero-order valence-electron chi connectivity index (χ0n) is 12.8. The predicted octanol–water partition coefficient (Wildman–Crippen LogP) is 3.70. The van der Waals surface area contributed by atoms with Crippen LogP contribution in [0.25, 0.3) is 0 Å². The molecule has 1 aliphatic rings. The van der Waals surface area contributed by atoms with Gasteiger partial charge in [0.2, 0.25) is 0 Å². The maximum absolute atomic E-state index is 12.0. The number of hydrogen-bond acceptors (Lipinski definition) is 4. The molecular formula is C16H22N2O3S. The van der Waals surface area contributed by atoms with Crippen molar-refractivity contribution in [3.8, 4) is 0 Å². The van der Waals surface area contributed by atoms with Crippen LogP contribution < -0.4 is 5.32 Å². The molecule has 1 amide bonds. The average Bonchev–Trinajstić information content (AvgIpc) is 2.52. The molecule has 0 bridgehead atoms. The number of amides is 1. The molecule has 120 valence electrons. The zero-order chi connectivity index (χ0) is 15.9. The van der Waals surface area contributed by atoms with E-state index in [0.29, 0.717) is 17.7 Å². The number of nitrogens with one attached hydrogen (secondary N) is 1. The number of nitro groups is 1. The monoisotopic (exact) mass is 322 g/mol. The number of hydrogen-bond donors (Lipinski definition) is 1. The molecule has 1 N–H and O–H groups in total. The van der Waals surface area contributed by atoms with Crippen molar-refractivity contribution in [1.82, 2.24) is 5.32 Å². The Bertz CT molecular complexity index is 542. The first kappa shape index (κ1) is 16.8. The largest absolute Gasteiger partial charge is 0.351 e. The van der Waals surface area contributed by atoms with Crippen LogP contribution in [0.3, 0.4) is 0 Å². The molecule has 0 radical (unpaired) electrons. The summed E-state index contributed by atoms with van der Waals surface area (Å²) in [5.41, 5.74) is 1.03. The van der Waals surface area contributed by atoms with Gasteiger partial charge in [-0.05, 0) is 31.9 Å². The molecule has 1 saturated carbocycles. The van der Waals surface area contributed by atoms with E-state index in [1.165, 1.54) is 44.2 Å². The summed E-state index contributed by atoms with van der Waals surface area (Å²) in [6, 6.07) is 4.47. The minimum absolute atomic E-state index is 0.0457. The van der Waals surface area contributed by atoms with Gasteiger partial charge in [-0.15, -0.1) is 0 Å². The number of nitro benzene ring substituents is 1. The molecular weight excluding hydrogens is 300 g/mol. The van der Waals surface area contributed by atoms with Crippen LogP contribution in [0.5, 0.6) is 0 Å². The Morgan fingerprint density at radius 3 is 2.73 bits per heavy atom. The first-order valence-corrected chi connectivity index (χ1v) is 8.77. The molecule has 1 fully saturated rings. The molecule has 0 saturated heterocycles. The molecule has 0 aliphatic heterocycles. The van der Waals surface area contributed by atoms with Crippen molar-refractivity contribution in [3.05, 3.63) is 39.4 Å². The molecule has 22 heavy (non-hydrogen) atoms. The molecule has 0 aromatic heterocycles. The fourth-order valence-electron chi connectivity index (χ4n) is 2.73. The standard InChI is InChI=1S/C16H22N2O3S/c1-12-11-13(7-8-15(12)18(20)21)16(19)17-9-10-22-14-5-3-2-4-6-14/h7-8,11,14H,2-6,9-10H2,1H3,(H,17,19). The normalized spacial score (nSPS) is 15.5. The van der Waals surface area contributed by atoms with Crippen molar-refractivity contribution in [2.75, 3.05) is 12.3 Å². The Kier molecular flexibility index (Phi) is 6.24. The van der Waals surface area contributed by atoms with E-state index in [1.54, 1.807) is 13.0 Å². The number of aryl methyl sites for hydroxylation is 1. The van der Waals surface area contributed by atoms with Crippen LogP contribution in [0.2, 0.25) is 0 Å². The van der Waals surface area contributed by atoms with Crippen LogP contribution >= 0.6 is 11.8 Å². The Hall–Kier alpha value is -1.56. The van der Waals surface area contributed by atoms with Crippen molar-refractivity contribution in [3.63, 3.8) is 0 Å². The lowest BCUT2D eigenvalue weighted by atomic mass is 10.0. The zero-order valence-corrected chi connectivity index (χ0v) is 13.7. The highest BCUT2D eigenvalue weighted by molar-refractivity contribution is 7.99. The number of carbonyl (C=O) groups excluding carboxylic acids is 1. The van der Waals surface area contributed by atoms with Crippen molar-refractivity contribution < 1.29 is 9.72 Å². The van der Waals surface area contributed by atoms with E-state index in [9.17, 15) is 14.9 Å². The fraction of sp³-hybridized carbons (Fsp3) is 0.562. The van der Waals surface area contributed by atoms with Crippen LogP contribution in [0.4, 0.5) is 5.69 Å². The van der Waals surface area contributed by atoms with Crippen molar-refractivity contribution in [1.29, 1.82) is 0 Å². The molecule has 0 heterocycles. The second-order valence-corrected chi connectivity index (χ2v) is 7.05. The molecule has 1 aliphatic carbocycles. The maximum Gasteiger partial charge on any atom is 0.272 e. The van der Waals surface area contributed by atoms with E-state index in [2.05, 4.69) is 5.32 Å². The number of nitrogens with zero attached hydrogens (tertiary/aromatic N) is 1. The van der Waals surface area contributed by atoms with Crippen LogP contribution in [0.15, 0.2) is 18.2 Å². The summed E-state index contributed by atoms with van der Waals surface area (Å²) >= 11 is 1.94. The molecule has 0 atom stereocenters. The first-order valence-electron chi connectivity index (χ1n) is 7.73. The Morgan fingerprint density at radius 2 is 2.09 bits per heavy atom. The van der Waals surface area contributed by atoms with E-state index < -0.39 is 4.92 Å². The molecule has 0 spiro atoms. The minimum Gasteiger partial charge on any atom is -0.351 e. The molecule has 1 aromatic rings. The van der Waals surface area contributed by atoms with Gasteiger partial charge < -0.3 is 5.32 Å². The highest BCUT2D eigenvalue weighted by atomic mass is 32.2. The van der Waals surface area contributed by atoms with E-state index in [-0.39, 0.29) is 11.6 Å². The molecule has 1 aromatic carbocycles. The average molecular weight is 322 g/mol. The van der Waals surface area contributed by atoms with Gasteiger partial charge in [0.25, 0.3) is 11.6 Å². The third-order valence-electron chi connectivity index (χ3n) is 3.95. The van der Waals surface area contributed by atoms with Crippen LogP contribution in [-0.2, 0) is 0 Å². The third-order valence-corrected chi connectivity index (χ3v) is 5.33. The topological polar surface area (TPSA) is 72.2 Å². The summed E-state index contributed by atoms with van der Waals surface area (Å²) in [5, 5.41) is 14.4. The maximum atomic E-state index is 12.0. The summed E-state index contributed by atoms with van der Waals surface area (Å²) in [4.78, 5) is 22.4. The van der Waals surface area contributed by atoms with E-state index in [1.807, 2.05) is 11.8 Å². The lowest BCUT2D eigenvalue weighted by Crippen LogP contribution is -2.26. The van der Waals surface area contributed by atoms with Crippen LogP contribution in [0, 0.1) is 17.0 Å². The van der Waals surface area contributed by atoms with Gasteiger partial charge in [0.15, 0.2) is 0 Å². The summed E-state index contributed by atoms with van der Waals surface area (Å²) in [6.07, 6.45) is 6.59. The highest BCUT2D eigenvalue weighted by Crippen LogP contribution is 2.27. The van der Waals surface area contributed by atoms with Crippen molar-refractivity contribution in [2.24, 2.45) is 0 Å². The lowest BCUT2D eigenvalue weighted by molar-refractivity contribution is -0.385. The molecule has 0 unspecified atom stereocenters. The van der Waals surface area contributed by atoms with E-state index in [0.717, 1.165) is 11.0 Å². The quantitative estimate of drug-likeness (QED) is 0.492. The minimum atomic E-state index is -0.433. The SMILES string of the molecule is Cc1cc(C(=O)NCCSC2CCCCC2)ccc1[N+](=O)[O-]. The van der Waals surface area contributed by atoms with Gasteiger partial charge in [-0.1, -0.05) is 19.3 Å². The fourth-order valence-corrected chi connectivity index (χ4v) is 3.95. The van der Waals surface area contributed by atoms with E-state index >= 15 is 0 Å². The lowest BCUT2D eigenvalue weighted by Gasteiger charge is -2.20. The van der Waals surface area contributed by atoms with Gasteiger partial charge in [-0.2, -0.15) is 11.8 Å². The Labute approximate surface area is 135 Å². The first-order chi connectivity index (χ1) is 10.6. The number of carbonyl (C=O) groups is 1. The summed E-state index contributed by atoms with van der Waals surface area (Å²) in [7, 11) is 0. The van der Waals surface area contributed by atoms with Crippen LogP contribution in [-0.4, -0.2) is 28.4 Å².